The van der Waals surface area contributed by atoms with Crippen molar-refractivity contribution in [2.45, 2.75) is 40.2 Å². The van der Waals surface area contributed by atoms with Crippen molar-refractivity contribution < 1.29 is 0 Å². The SMILES string of the molecule is C/C=C/CNC(CCCl)C(C)(C)C. The maximum absolute atomic E-state index is 5.76. The van der Waals surface area contributed by atoms with Crippen molar-refractivity contribution in [2.24, 2.45) is 5.41 Å². The maximum atomic E-state index is 5.76. The van der Waals surface area contributed by atoms with Crippen LogP contribution in [0.5, 0.6) is 0 Å². The molecule has 0 aliphatic heterocycles. The lowest BCUT2D eigenvalue weighted by molar-refractivity contribution is 0.269. The summed E-state index contributed by atoms with van der Waals surface area (Å²) in [5, 5.41) is 3.49. The number of rotatable bonds is 5. The van der Waals surface area contributed by atoms with Gasteiger partial charge in [-0.15, -0.1) is 11.6 Å². The quantitative estimate of drug-likeness (QED) is 0.535. The molecule has 0 saturated heterocycles. The summed E-state index contributed by atoms with van der Waals surface area (Å²) in [7, 11) is 0. The van der Waals surface area contributed by atoms with E-state index in [1.807, 2.05) is 6.92 Å². The van der Waals surface area contributed by atoms with Crippen LogP contribution in [0.3, 0.4) is 0 Å². The van der Waals surface area contributed by atoms with Gasteiger partial charge < -0.3 is 5.32 Å². The van der Waals surface area contributed by atoms with Gasteiger partial charge in [0.2, 0.25) is 0 Å². The second-order valence-corrected chi connectivity index (χ2v) is 4.75. The summed E-state index contributed by atoms with van der Waals surface area (Å²) < 4.78 is 0. The lowest BCUT2D eigenvalue weighted by Gasteiger charge is -2.30. The summed E-state index contributed by atoms with van der Waals surface area (Å²) in [5.41, 5.74) is 0.288. The van der Waals surface area contributed by atoms with Gasteiger partial charge in [-0.05, 0) is 18.8 Å². The first-order valence-corrected chi connectivity index (χ1v) is 5.46. The fraction of sp³-hybridized carbons (Fsp3) is 0.818. The number of allylic oxidation sites excluding steroid dienone is 1. The summed E-state index contributed by atoms with van der Waals surface area (Å²) in [6.07, 6.45) is 5.23. The van der Waals surface area contributed by atoms with Crippen LogP contribution >= 0.6 is 11.6 Å². The van der Waals surface area contributed by atoms with Crippen LogP contribution in [-0.4, -0.2) is 18.5 Å². The number of halogens is 1. The van der Waals surface area contributed by atoms with E-state index < -0.39 is 0 Å². The van der Waals surface area contributed by atoms with Gasteiger partial charge in [-0.25, -0.2) is 0 Å². The summed E-state index contributed by atoms with van der Waals surface area (Å²) >= 11 is 5.76. The highest BCUT2D eigenvalue weighted by Gasteiger charge is 2.22. The first-order chi connectivity index (χ1) is 6.02. The van der Waals surface area contributed by atoms with Gasteiger partial charge in [0.25, 0.3) is 0 Å². The van der Waals surface area contributed by atoms with Crippen LogP contribution in [0.2, 0.25) is 0 Å². The molecule has 0 aromatic rings. The minimum Gasteiger partial charge on any atom is -0.310 e. The number of nitrogens with one attached hydrogen (secondary N) is 1. The Morgan fingerprint density at radius 3 is 2.38 bits per heavy atom. The van der Waals surface area contributed by atoms with Crippen LogP contribution in [0.4, 0.5) is 0 Å². The Labute approximate surface area is 87.6 Å². The van der Waals surface area contributed by atoms with Crippen LogP contribution in [0.15, 0.2) is 12.2 Å². The highest BCUT2D eigenvalue weighted by molar-refractivity contribution is 6.17. The average molecular weight is 204 g/mol. The highest BCUT2D eigenvalue weighted by Crippen LogP contribution is 2.21. The number of alkyl halides is 1. The van der Waals surface area contributed by atoms with Gasteiger partial charge in [-0.1, -0.05) is 32.9 Å². The molecule has 2 heteroatoms. The standard InChI is InChI=1S/C11H22ClN/c1-5-6-9-13-10(7-8-12)11(2,3)4/h5-6,10,13H,7-9H2,1-4H3/b6-5+. The second-order valence-electron chi connectivity index (χ2n) is 4.37. The first-order valence-electron chi connectivity index (χ1n) is 4.93. The molecule has 1 N–H and O–H groups in total. The molecule has 1 nitrogen and oxygen atoms in total. The van der Waals surface area contributed by atoms with Gasteiger partial charge >= 0.3 is 0 Å². The van der Waals surface area contributed by atoms with Crippen LogP contribution in [0.1, 0.15) is 34.1 Å². The summed E-state index contributed by atoms with van der Waals surface area (Å²) in [6, 6.07) is 0.501. The van der Waals surface area contributed by atoms with Crippen molar-refractivity contribution in [3.05, 3.63) is 12.2 Å². The molecule has 1 unspecified atom stereocenters. The smallest absolute Gasteiger partial charge is 0.0238 e. The van der Waals surface area contributed by atoms with Crippen LogP contribution in [-0.2, 0) is 0 Å². The lowest BCUT2D eigenvalue weighted by Crippen LogP contribution is -2.40. The Kier molecular flexibility index (Phi) is 6.44. The third kappa shape index (κ3) is 6.11. The molecule has 0 aliphatic carbocycles. The topological polar surface area (TPSA) is 12.0 Å². The van der Waals surface area contributed by atoms with E-state index in [-0.39, 0.29) is 5.41 Å². The zero-order valence-corrected chi connectivity index (χ0v) is 9.99. The van der Waals surface area contributed by atoms with Crippen molar-refractivity contribution in [1.82, 2.24) is 5.32 Å². The van der Waals surface area contributed by atoms with E-state index in [0.717, 1.165) is 18.8 Å². The van der Waals surface area contributed by atoms with E-state index in [4.69, 9.17) is 11.6 Å². The monoisotopic (exact) mass is 203 g/mol. The zero-order chi connectivity index (χ0) is 10.3. The fourth-order valence-electron chi connectivity index (χ4n) is 1.28. The fourth-order valence-corrected chi connectivity index (χ4v) is 1.50. The van der Waals surface area contributed by atoms with Crippen LogP contribution in [0, 0.1) is 5.41 Å². The molecule has 78 valence electrons. The minimum atomic E-state index is 0.288. The number of hydrogen-bond donors (Lipinski definition) is 1. The van der Waals surface area contributed by atoms with E-state index in [9.17, 15) is 0 Å². The van der Waals surface area contributed by atoms with Crippen molar-refractivity contribution in [1.29, 1.82) is 0 Å². The lowest BCUT2D eigenvalue weighted by atomic mass is 9.85. The molecule has 0 radical (unpaired) electrons. The molecule has 0 rings (SSSR count). The molecule has 0 fully saturated rings. The largest absolute Gasteiger partial charge is 0.310 e. The van der Waals surface area contributed by atoms with Crippen molar-refractivity contribution in [2.75, 3.05) is 12.4 Å². The molecule has 0 bridgehead atoms. The van der Waals surface area contributed by atoms with Gasteiger partial charge in [0.1, 0.15) is 0 Å². The molecule has 0 aliphatic rings. The summed E-state index contributed by atoms with van der Waals surface area (Å²) in [4.78, 5) is 0. The van der Waals surface area contributed by atoms with Gasteiger partial charge in [0.05, 0.1) is 0 Å². The van der Waals surface area contributed by atoms with Gasteiger partial charge in [0.15, 0.2) is 0 Å². The molecule has 13 heavy (non-hydrogen) atoms. The summed E-state index contributed by atoms with van der Waals surface area (Å²) in [5.74, 6) is 0.727. The second kappa shape index (κ2) is 6.44. The van der Waals surface area contributed by atoms with Crippen LogP contribution < -0.4 is 5.32 Å². The van der Waals surface area contributed by atoms with E-state index in [1.165, 1.54) is 0 Å². The maximum Gasteiger partial charge on any atom is 0.0238 e. The zero-order valence-electron chi connectivity index (χ0n) is 9.23. The Balaban J connectivity index is 3.95. The van der Waals surface area contributed by atoms with Gasteiger partial charge in [0, 0.05) is 18.5 Å². The Morgan fingerprint density at radius 2 is 2.00 bits per heavy atom. The number of hydrogen-bond acceptors (Lipinski definition) is 1. The Bertz CT molecular complexity index is 147. The predicted molar refractivity (Wildman–Crippen MR) is 61.4 cm³/mol. The van der Waals surface area contributed by atoms with Gasteiger partial charge in [-0.2, -0.15) is 0 Å². The highest BCUT2D eigenvalue weighted by atomic mass is 35.5. The molecule has 0 spiro atoms. The Morgan fingerprint density at radius 1 is 1.38 bits per heavy atom. The molecule has 0 amide bonds. The van der Waals surface area contributed by atoms with Crippen molar-refractivity contribution in [3.63, 3.8) is 0 Å². The van der Waals surface area contributed by atoms with Gasteiger partial charge in [-0.3, -0.25) is 0 Å². The first kappa shape index (κ1) is 13.0. The van der Waals surface area contributed by atoms with Crippen molar-refractivity contribution >= 4 is 11.6 Å². The van der Waals surface area contributed by atoms with E-state index in [0.29, 0.717) is 6.04 Å². The van der Waals surface area contributed by atoms with Crippen LogP contribution in [0.25, 0.3) is 0 Å². The molecule has 0 aromatic carbocycles. The molecule has 0 saturated carbocycles. The molecular weight excluding hydrogens is 182 g/mol. The van der Waals surface area contributed by atoms with E-state index in [2.05, 4.69) is 38.2 Å². The minimum absolute atomic E-state index is 0.288. The van der Waals surface area contributed by atoms with E-state index in [1.54, 1.807) is 0 Å². The normalized spacial score (nSPS) is 15.2. The Hall–Kier alpha value is -0.0100. The van der Waals surface area contributed by atoms with Crippen molar-refractivity contribution in [3.8, 4) is 0 Å². The molecule has 1 atom stereocenters. The predicted octanol–water partition coefficient (Wildman–Crippen LogP) is 3.20. The van der Waals surface area contributed by atoms with E-state index >= 15 is 0 Å². The third-order valence-corrected chi connectivity index (χ3v) is 2.38. The average Bonchev–Trinajstić information content (AvgIpc) is 2.01. The molecule has 0 aromatic heterocycles. The molecule has 0 heterocycles. The summed E-state index contributed by atoms with van der Waals surface area (Å²) in [6.45, 7) is 9.71. The third-order valence-electron chi connectivity index (χ3n) is 2.16. The molecular formula is C11H22ClN.